The highest BCUT2D eigenvalue weighted by Crippen LogP contribution is 2.18. The molecular weight excluding hydrogens is 260 g/mol. The van der Waals surface area contributed by atoms with Gasteiger partial charge in [0.1, 0.15) is 0 Å². The van der Waals surface area contributed by atoms with E-state index in [1.54, 1.807) is 30.8 Å². The number of carbonyl (C=O) groups excluding carboxylic acids is 1. The van der Waals surface area contributed by atoms with Gasteiger partial charge in [0.05, 0.1) is 17.5 Å². The molecule has 0 bridgehead atoms. The zero-order valence-corrected chi connectivity index (χ0v) is 12.2. The predicted octanol–water partition coefficient (Wildman–Crippen LogP) is 2.49. The largest absolute Gasteiger partial charge is 0.397 e. The molecule has 1 rings (SSSR count). The van der Waals surface area contributed by atoms with Crippen LogP contribution in [0.3, 0.4) is 0 Å². The second-order valence-electron chi connectivity index (χ2n) is 4.56. The summed E-state index contributed by atoms with van der Waals surface area (Å²) < 4.78 is 0. The van der Waals surface area contributed by atoms with Gasteiger partial charge < -0.3 is 16.2 Å². The maximum absolute atomic E-state index is 11.7. The Morgan fingerprint density at radius 1 is 1.42 bits per heavy atom. The van der Waals surface area contributed by atoms with Gasteiger partial charge in [0, 0.05) is 11.7 Å². The van der Waals surface area contributed by atoms with Crippen molar-refractivity contribution in [3.63, 3.8) is 0 Å². The molecule has 2 atom stereocenters. The Kier molecular flexibility index (Phi) is 6.73. The average molecular weight is 282 g/mol. The molecule has 1 aromatic rings. The summed E-state index contributed by atoms with van der Waals surface area (Å²) in [5, 5.41) is 12.3. The first-order valence-electron chi connectivity index (χ1n) is 6.44. The number of aliphatic hydroxyl groups is 1. The van der Waals surface area contributed by atoms with Crippen molar-refractivity contribution in [1.82, 2.24) is 0 Å². The zero-order chi connectivity index (χ0) is 14.3. The summed E-state index contributed by atoms with van der Waals surface area (Å²) in [7, 11) is 0. The number of amides is 1. The van der Waals surface area contributed by atoms with Crippen LogP contribution >= 0.6 is 11.8 Å². The van der Waals surface area contributed by atoms with Crippen molar-refractivity contribution in [1.29, 1.82) is 0 Å². The van der Waals surface area contributed by atoms with Gasteiger partial charge in [0.2, 0.25) is 5.91 Å². The first kappa shape index (κ1) is 15.9. The van der Waals surface area contributed by atoms with Gasteiger partial charge in [-0.15, -0.1) is 0 Å². The Morgan fingerprint density at radius 2 is 2.11 bits per heavy atom. The van der Waals surface area contributed by atoms with E-state index >= 15 is 0 Å². The number of nitrogen functional groups attached to an aromatic ring is 1. The molecule has 0 aromatic heterocycles. The Morgan fingerprint density at radius 3 is 2.74 bits per heavy atom. The predicted molar refractivity (Wildman–Crippen MR) is 82.3 cm³/mol. The molecule has 4 nitrogen and oxygen atoms in total. The summed E-state index contributed by atoms with van der Waals surface area (Å²) in [6, 6.07) is 7.22. The minimum atomic E-state index is -0.317. The van der Waals surface area contributed by atoms with Crippen LogP contribution in [0.4, 0.5) is 11.4 Å². The highest BCUT2D eigenvalue weighted by atomic mass is 32.2. The average Bonchev–Trinajstić information content (AvgIpc) is 2.37. The standard InChI is InChI=1S/C14H22N2O2S/c1-10(17)11(2)19-9-5-8-14(18)16-13-7-4-3-6-12(13)15/h3-4,6-7,10-11,17H,5,8-9,15H2,1-2H3,(H,16,18). The summed E-state index contributed by atoms with van der Waals surface area (Å²) >= 11 is 1.68. The number of thioether (sulfide) groups is 1. The Labute approximate surface area is 118 Å². The van der Waals surface area contributed by atoms with Gasteiger partial charge in [-0.05, 0) is 31.2 Å². The SMILES string of the molecule is CC(O)C(C)SCCCC(=O)Nc1ccccc1N. The Hall–Kier alpha value is -1.20. The molecule has 106 valence electrons. The lowest BCUT2D eigenvalue weighted by molar-refractivity contribution is -0.116. The van der Waals surface area contributed by atoms with E-state index in [9.17, 15) is 9.90 Å². The fraction of sp³-hybridized carbons (Fsp3) is 0.500. The molecule has 0 heterocycles. The summed E-state index contributed by atoms with van der Waals surface area (Å²) in [4.78, 5) is 11.7. The van der Waals surface area contributed by atoms with Crippen LogP contribution in [0, 0.1) is 0 Å². The van der Waals surface area contributed by atoms with Gasteiger partial charge >= 0.3 is 0 Å². The Bertz CT molecular complexity index is 410. The summed E-state index contributed by atoms with van der Waals surface area (Å²) in [6.07, 6.45) is 0.941. The van der Waals surface area contributed by atoms with Crippen molar-refractivity contribution in [3.8, 4) is 0 Å². The lowest BCUT2D eigenvalue weighted by Gasteiger charge is -2.13. The molecule has 0 aliphatic heterocycles. The van der Waals surface area contributed by atoms with E-state index in [1.165, 1.54) is 0 Å². The number of anilines is 2. The molecule has 2 unspecified atom stereocenters. The van der Waals surface area contributed by atoms with Gasteiger partial charge in [-0.2, -0.15) is 11.8 Å². The van der Waals surface area contributed by atoms with Crippen LogP contribution in [0.15, 0.2) is 24.3 Å². The number of nitrogens with two attached hydrogens (primary N) is 1. The molecule has 19 heavy (non-hydrogen) atoms. The van der Waals surface area contributed by atoms with Crippen LogP contribution in [0.5, 0.6) is 0 Å². The fourth-order valence-corrected chi connectivity index (χ4v) is 2.43. The lowest BCUT2D eigenvalue weighted by atomic mass is 10.2. The summed E-state index contributed by atoms with van der Waals surface area (Å²) in [6.45, 7) is 3.77. The van der Waals surface area contributed by atoms with Crippen molar-refractivity contribution >= 4 is 29.0 Å². The minimum absolute atomic E-state index is 0.0248. The Balaban J connectivity index is 2.24. The minimum Gasteiger partial charge on any atom is -0.397 e. The van der Waals surface area contributed by atoms with E-state index in [1.807, 2.05) is 19.1 Å². The summed E-state index contributed by atoms with van der Waals surface area (Å²) in [5.41, 5.74) is 6.99. The number of hydrogen-bond donors (Lipinski definition) is 3. The van der Waals surface area contributed by atoms with E-state index in [-0.39, 0.29) is 17.3 Å². The second kappa shape index (κ2) is 8.07. The maximum Gasteiger partial charge on any atom is 0.224 e. The smallest absolute Gasteiger partial charge is 0.224 e. The molecule has 0 spiro atoms. The van der Waals surface area contributed by atoms with Crippen molar-refractivity contribution in [2.45, 2.75) is 38.0 Å². The molecule has 0 saturated heterocycles. The van der Waals surface area contributed by atoms with Gasteiger partial charge in [-0.1, -0.05) is 19.1 Å². The van der Waals surface area contributed by atoms with Crippen LogP contribution in [0.1, 0.15) is 26.7 Å². The third-order valence-electron chi connectivity index (χ3n) is 2.84. The molecule has 0 saturated carbocycles. The van der Waals surface area contributed by atoms with Crippen molar-refractivity contribution in [2.75, 3.05) is 16.8 Å². The number of carbonyl (C=O) groups is 1. The van der Waals surface area contributed by atoms with E-state index in [0.717, 1.165) is 12.2 Å². The molecule has 4 N–H and O–H groups in total. The highest BCUT2D eigenvalue weighted by Gasteiger charge is 2.09. The topological polar surface area (TPSA) is 75.3 Å². The van der Waals surface area contributed by atoms with Crippen LogP contribution in [0.2, 0.25) is 0 Å². The fourth-order valence-electron chi connectivity index (χ4n) is 1.46. The van der Waals surface area contributed by atoms with Crippen LogP contribution in [-0.4, -0.2) is 28.1 Å². The van der Waals surface area contributed by atoms with E-state index in [4.69, 9.17) is 5.73 Å². The molecule has 0 radical (unpaired) electrons. The van der Waals surface area contributed by atoms with Crippen molar-refractivity contribution in [2.24, 2.45) is 0 Å². The first-order chi connectivity index (χ1) is 9.00. The molecule has 0 aliphatic rings. The van der Waals surface area contributed by atoms with E-state index in [0.29, 0.717) is 17.8 Å². The van der Waals surface area contributed by atoms with Crippen molar-refractivity contribution < 1.29 is 9.90 Å². The highest BCUT2D eigenvalue weighted by molar-refractivity contribution is 7.99. The molecular formula is C14H22N2O2S. The van der Waals surface area contributed by atoms with Crippen molar-refractivity contribution in [3.05, 3.63) is 24.3 Å². The molecule has 1 aromatic carbocycles. The number of benzene rings is 1. The number of rotatable bonds is 7. The molecule has 0 aliphatic carbocycles. The van der Waals surface area contributed by atoms with E-state index in [2.05, 4.69) is 5.32 Å². The monoisotopic (exact) mass is 282 g/mol. The van der Waals surface area contributed by atoms with Crippen LogP contribution in [0.25, 0.3) is 0 Å². The molecule has 1 amide bonds. The normalized spacial score (nSPS) is 13.8. The third-order valence-corrected chi connectivity index (χ3v) is 4.29. The number of para-hydroxylation sites is 2. The zero-order valence-electron chi connectivity index (χ0n) is 11.4. The van der Waals surface area contributed by atoms with E-state index < -0.39 is 0 Å². The molecule has 5 heteroatoms. The van der Waals surface area contributed by atoms with Gasteiger partial charge in [0.15, 0.2) is 0 Å². The van der Waals surface area contributed by atoms with Gasteiger partial charge in [-0.25, -0.2) is 0 Å². The number of nitrogens with one attached hydrogen (secondary N) is 1. The van der Waals surface area contributed by atoms with Crippen LogP contribution < -0.4 is 11.1 Å². The van der Waals surface area contributed by atoms with Gasteiger partial charge in [0.25, 0.3) is 0 Å². The quantitative estimate of drug-likeness (QED) is 0.530. The summed E-state index contributed by atoms with van der Waals surface area (Å²) in [5.74, 6) is 0.840. The number of aliphatic hydroxyl groups excluding tert-OH is 1. The van der Waals surface area contributed by atoms with Gasteiger partial charge in [-0.3, -0.25) is 4.79 Å². The molecule has 0 fully saturated rings. The first-order valence-corrected chi connectivity index (χ1v) is 7.49. The third kappa shape index (κ3) is 5.98. The number of hydrogen-bond acceptors (Lipinski definition) is 4. The second-order valence-corrected chi connectivity index (χ2v) is 6.04. The maximum atomic E-state index is 11.7. The van der Waals surface area contributed by atoms with Crippen LogP contribution in [-0.2, 0) is 4.79 Å². The lowest BCUT2D eigenvalue weighted by Crippen LogP contribution is -2.16.